The Morgan fingerprint density at radius 2 is 2.07 bits per heavy atom. The first kappa shape index (κ1) is 20.1. The zero-order valence-electron chi connectivity index (χ0n) is 14.5. The first-order valence-corrected chi connectivity index (χ1v) is 9.22. The molecule has 2 saturated heterocycles. The maximum absolute atomic E-state index is 12.2. The fraction of sp³-hybridized carbons (Fsp3) is 0.438. The Morgan fingerprint density at radius 3 is 2.68 bits per heavy atom. The second kappa shape index (κ2) is 8.17. The van der Waals surface area contributed by atoms with Crippen LogP contribution in [0.2, 0.25) is 0 Å². The molecule has 0 bridgehead atoms. The highest BCUT2D eigenvalue weighted by molar-refractivity contribution is 8.18. The highest BCUT2D eigenvalue weighted by atomic mass is 32.2. The standard InChI is InChI=1S/C16H16F3N5O3S/c17-16(18,19)13(26)21-8-9-2-5-24(6-3-9)14-20-4-1-10(22-14)7-11-12(25)23-15(27)28-11/h1,4,7,9H,2-3,5-6,8H2,(H,21,26)(H,23,25,27)/b11-7-. The summed E-state index contributed by atoms with van der Waals surface area (Å²) in [6, 6.07) is 1.60. The number of carbonyl (C=O) groups is 3. The fourth-order valence-corrected chi connectivity index (χ4v) is 3.49. The van der Waals surface area contributed by atoms with Gasteiger partial charge >= 0.3 is 12.1 Å². The molecule has 150 valence electrons. The molecule has 2 aliphatic rings. The normalized spacial score (nSPS) is 19.8. The van der Waals surface area contributed by atoms with Gasteiger partial charge in [0.05, 0.1) is 10.6 Å². The van der Waals surface area contributed by atoms with E-state index < -0.39 is 23.2 Å². The van der Waals surface area contributed by atoms with Gasteiger partial charge in [-0.05, 0) is 42.7 Å². The van der Waals surface area contributed by atoms with Crippen molar-refractivity contribution in [3.8, 4) is 0 Å². The number of nitrogens with zero attached hydrogens (tertiary/aromatic N) is 3. The zero-order chi connectivity index (χ0) is 20.3. The van der Waals surface area contributed by atoms with Crippen LogP contribution in [0.5, 0.6) is 0 Å². The molecule has 0 aliphatic carbocycles. The second-order valence-corrected chi connectivity index (χ2v) is 7.29. The van der Waals surface area contributed by atoms with Crippen LogP contribution in [-0.2, 0) is 9.59 Å². The molecule has 0 radical (unpaired) electrons. The number of hydrogen-bond acceptors (Lipinski definition) is 7. The van der Waals surface area contributed by atoms with E-state index in [0.29, 0.717) is 37.6 Å². The summed E-state index contributed by atoms with van der Waals surface area (Å²) < 4.78 is 36.7. The van der Waals surface area contributed by atoms with E-state index >= 15 is 0 Å². The van der Waals surface area contributed by atoms with Gasteiger partial charge in [-0.3, -0.25) is 19.7 Å². The number of alkyl halides is 3. The molecule has 3 amide bonds. The Bertz CT molecular complexity index is 822. The minimum absolute atomic E-state index is 0.0282. The smallest absolute Gasteiger partial charge is 0.348 e. The number of anilines is 1. The third-order valence-corrected chi connectivity index (χ3v) is 5.10. The maximum Gasteiger partial charge on any atom is 0.471 e. The first-order valence-electron chi connectivity index (χ1n) is 8.40. The lowest BCUT2D eigenvalue weighted by Gasteiger charge is -2.32. The molecule has 2 N–H and O–H groups in total. The van der Waals surface area contributed by atoms with Crippen molar-refractivity contribution in [1.29, 1.82) is 0 Å². The molecule has 3 heterocycles. The predicted octanol–water partition coefficient (Wildman–Crippen LogP) is 1.70. The Hall–Kier alpha value is -2.63. The molecule has 8 nitrogen and oxygen atoms in total. The van der Waals surface area contributed by atoms with Crippen LogP contribution < -0.4 is 15.5 Å². The molecule has 28 heavy (non-hydrogen) atoms. The van der Waals surface area contributed by atoms with E-state index in [4.69, 9.17) is 0 Å². The monoisotopic (exact) mass is 415 g/mol. The van der Waals surface area contributed by atoms with E-state index in [1.54, 1.807) is 6.07 Å². The highest BCUT2D eigenvalue weighted by Crippen LogP contribution is 2.26. The quantitative estimate of drug-likeness (QED) is 0.722. The van der Waals surface area contributed by atoms with Gasteiger partial charge in [-0.2, -0.15) is 13.2 Å². The molecule has 0 aromatic carbocycles. The fourth-order valence-electron chi connectivity index (χ4n) is 2.82. The van der Waals surface area contributed by atoms with Crippen molar-refractivity contribution in [3.05, 3.63) is 22.9 Å². The molecule has 12 heteroatoms. The Morgan fingerprint density at radius 1 is 1.36 bits per heavy atom. The van der Waals surface area contributed by atoms with Crippen LogP contribution in [0.15, 0.2) is 17.2 Å². The van der Waals surface area contributed by atoms with E-state index in [0.717, 1.165) is 11.8 Å². The Kier molecular flexibility index (Phi) is 5.87. The Balaban J connectivity index is 1.56. The van der Waals surface area contributed by atoms with Gasteiger partial charge in [0.25, 0.3) is 11.1 Å². The predicted molar refractivity (Wildman–Crippen MR) is 95.1 cm³/mol. The number of hydrogen-bond donors (Lipinski definition) is 2. The molecule has 2 aliphatic heterocycles. The molecule has 0 unspecified atom stereocenters. The van der Waals surface area contributed by atoms with Crippen LogP contribution in [0, 0.1) is 5.92 Å². The van der Waals surface area contributed by atoms with E-state index in [-0.39, 0.29) is 17.4 Å². The number of piperidine rings is 1. The van der Waals surface area contributed by atoms with Crippen LogP contribution in [0.1, 0.15) is 18.5 Å². The van der Waals surface area contributed by atoms with E-state index in [1.807, 2.05) is 10.2 Å². The van der Waals surface area contributed by atoms with E-state index in [1.165, 1.54) is 12.3 Å². The van der Waals surface area contributed by atoms with Crippen molar-refractivity contribution in [2.75, 3.05) is 24.5 Å². The van der Waals surface area contributed by atoms with Gasteiger partial charge in [-0.1, -0.05) is 0 Å². The molecular formula is C16H16F3N5O3S. The van der Waals surface area contributed by atoms with Crippen molar-refractivity contribution in [1.82, 2.24) is 20.6 Å². The van der Waals surface area contributed by atoms with Gasteiger partial charge < -0.3 is 10.2 Å². The summed E-state index contributed by atoms with van der Waals surface area (Å²) in [6.45, 7) is 1.03. The lowest BCUT2D eigenvalue weighted by atomic mass is 9.97. The van der Waals surface area contributed by atoms with Crippen LogP contribution in [0.3, 0.4) is 0 Å². The molecule has 1 aromatic heterocycles. The van der Waals surface area contributed by atoms with Crippen molar-refractivity contribution < 1.29 is 27.6 Å². The van der Waals surface area contributed by atoms with Gasteiger partial charge in [-0.25, -0.2) is 9.97 Å². The number of halogens is 3. The van der Waals surface area contributed by atoms with Crippen molar-refractivity contribution in [2.24, 2.45) is 5.92 Å². The minimum Gasteiger partial charge on any atom is -0.348 e. The van der Waals surface area contributed by atoms with Crippen LogP contribution in [0.25, 0.3) is 6.08 Å². The minimum atomic E-state index is -4.87. The molecule has 0 spiro atoms. The maximum atomic E-state index is 12.2. The molecule has 0 atom stereocenters. The highest BCUT2D eigenvalue weighted by Gasteiger charge is 2.38. The van der Waals surface area contributed by atoms with Crippen molar-refractivity contribution in [3.63, 3.8) is 0 Å². The van der Waals surface area contributed by atoms with Crippen LogP contribution >= 0.6 is 11.8 Å². The summed E-state index contributed by atoms with van der Waals surface area (Å²) in [4.78, 5) is 44.4. The average molecular weight is 415 g/mol. The summed E-state index contributed by atoms with van der Waals surface area (Å²) >= 11 is 0.793. The summed E-state index contributed by atoms with van der Waals surface area (Å²) in [7, 11) is 0. The van der Waals surface area contributed by atoms with Crippen molar-refractivity contribution >= 4 is 40.8 Å². The number of rotatable bonds is 4. The van der Waals surface area contributed by atoms with Gasteiger partial charge in [0.2, 0.25) is 5.95 Å². The SMILES string of the molecule is O=C1NC(=O)/C(=C/c2ccnc(N3CCC(CNC(=O)C(F)(F)F)CC3)n2)S1. The largest absolute Gasteiger partial charge is 0.471 e. The van der Waals surface area contributed by atoms with E-state index in [9.17, 15) is 27.6 Å². The van der Waals surface area contributed by atoms with E-state index in [2.05, 4.69) is 15.3 Å². The summed E-state index contributed by atoms with van der Waals surface area (Å²) in [6.07, 6.45) is -0.680. The summed E-state index contributed by atoms with van der Waals surface area (Å²) in [5.74, 6) is -2.03. The summed E-state index contributed by atoms with van der Waals surface area (Å²) in [5, 5.41) is 3.64. The third kappa shape index (κ3) is 5.00. The average Bonchev–Trinajstić information content (AvgIpc) is 2.96. The van der Waals surface area contributed by atoms with Gasteiger partial charge in [0.15, 0.2) is 0 Å². The second-order valence-electron chi connectivity index (χ2n) is 6.27. The molecular weight excluding hydrogens is 399 g/mol. The van der Waals surface area contributed by atoms with Gasteiger partial charge in [0.1, 0.15) is 0 Å². The number of amides is 3. The van der Waals surface area contributed by atoms with Crippen LogP contribution in [-0.4, -0.2) is 52.8 Å². The number of thioether (sulfide) groups is 1. The number of nitrogens with one attached hydrogen (secondary N) is 2. The number of imide groups is 1. The molecule has 0 saturated carbocycles. The topological polar surface area (TPSA) is 104 Å². The lowest BCUT2D eigenvalue weighted by Crippen LogP contribution is -2.43. The van der Waals surface area contributed by atoms with Crippen LogP contribution in [0.4, 0.5) is 23.9 Å². The first-order chi connectivity index (χ1) is 13.2. The lowest BCUT2D eigenvalue weighted by molar-refractivity contribution is -0.173. The number of carbonyl (C=O) groups excluding carboxylic acids is 3. The van der Waals surface area contributed by atoms with Gasteiger partial charge in [0, 0.05) is 25.8 Å². The molecule has 1 aromatic rings. The van der Waals surface area contributed by atoms with Gasteiger partial charge in [-0.15, -0.1) is 0 Å². The summed E-state index contributed by atoms with van der Waals surface area (Å²) in [5.41, 5.74) is 0.469. The van der Waals surface area contributed by atoms with Crippen molar-refractivity contribution in [2.45, 2.75) is 19.0 Å². The molecule has 2 fully saturated rings. The number of aromatic nitrogens is 2. The Labute approximate surface area is 162 Å². The molecule has 3 rings (SSSR count). The zero-order valence-corrected chi connectivity index (χ0v) is 15.3. The third-order valence-electron chi connectivity index (χ3n) is 4.29.